The molecule has 20 heavy (non-hydrogen) atoms. The van der Waals surface area contributed by atoms with Crippen molar-refractivity contribution < 1.29 is 23.8 Å². The van der Waals surface area contributed by atoms with E-state index in [2.05, 4.69) is 15.2 Å². The zero-order valence-corrected chi connectivity index (χ0v) is 12.3. The van der Waals surface area contributed by atoms with Crippen LogP contribution < -0.4 is 10.5 Å². The maximum Gasteiger partial charge on any atom is 0.513 e. The van der Waals surface area contributed by atoms with Crippen LogP contribution in [0.5, 0.6) is 5.75 Å². The fourth-order valence-electron chi connectivity index (χ4n) is 1.29. The van der Waals surface area contributed by atoms with Gasteiger partial charge in [0, 0.05) is 0 Å². The van der Waals surface area contributed by atoms with Crippen molar-refractivity contribution >= 4 is 12.2 Å². The number of benzene rings is 1. The van der Waals surface area contributed by atoms with Gasteiger partial charge in [0.25, 0.3) is 0 Å². The van der Waals surface area contributed by atoms with Gasteiger partial charge in [0.2, 0.25) is 0 Å². The van der Waals surface area contributed by atoms with E-state index >= 15 is 0 Å². The molecule has 0 heterocycles. The molecule has 0 unspecified atom stereocenters. The highest BCUT2D eigenvalue weighted by molar-refractivity contribution is 5.64. The molecule has 1 aromatic carbocycles. The van der Waals surface area contributed by atoms with Crippen LogP contribution in [0.3, 0.4) is 0 Å². The Morgan fingerprint density at radius 1 is 1.10 bits per heavy atom. The van der Waals surface area contributed by atoms with Gasteiger partial charge in [-0.25, -0.2) is 9.59 Å². The van der Waals surface area contributed by atoms with Gasteiger partial charge in [-0.3, -0.25) is 0 Å². The molecule has 0 saturated carbocycles. The summed E-state index contributed by atoms with van der Waals surface area (Å²) in [5.41, 5.74) is 6.61. The van der Waals surface area contributed by atoms with Crippen LogP contribution in [0.1, 0.15) is 25.0 Å². The summed E-state index contributed by atoms with van der Waals surface area (Å²) < 4.78 is 13.8. The van der Waals surface area contributed by atoms with Crippen LogP contribution in [0.15, 0.2) is 18.2 Å². The average molecular weight is 283 g/mol. The Kier molecular flexibility index (Phi) is 8.58. The van der Waals surface area contributed by atoms with Crippen molar-refractivity contribution in [3.8, 4) is 5.75 Å². The normalized spacial score (nSPS) is 9.00. The van der Waals surface area contributed by atoms with Crippen molar-refractivity contribution in [2.75, 3.05) is 13.2 Å². The van der Waals surface area contributed by atoms with Crippen molar-refractivity contribution in [2.24, 2.45) is 5.73 Å². The number of ether oxygens (including phenoxy) is 3. The zero-order valence-electron chi connectivity index (χ0n) is 12.3. The van der Waals surface area contributed by atoms with Crippen LogP contribution in [0.25, 0.3) is 0 Å². The predicted octanol–water partition coefficient (Wildman–Crippen LogP) is 2.94. The minimum atomic E-state index is -0.711. The van der Waals surface area contributed by atoms with E-state index in [1.54, 1.807) is 19.9 Å². The Morgan fingerprint density at radius 3 is 2.10 bits per heavy atom. The molecule has 0 aliphatic rings. The maximum atomic E-state index is 11.0. The van der Waals surface area contributed by atoms with Crippen molar-refractivity contribution in [3.05, 3.63) is 29.3 Å². The Morgan fingerprint density at radius 2 is 1.70 bits per heavy atom. The molecular weight excluding hydrogens is 262 g/mol. The molecule has 6 nitrogen and oxygen atoms in total. The highest BCUT2D eigenvalue weighted by Gasteiger charge is 2.06. The average Bonchev–Trinajstić information content (AvgIpc) is 2.34. The second-order valence-electron chi connectivity index (χ2n) is 3.81. The second kappa shape index (κ2) is 9.66. The Labute approximate surface area is 118 Å². The molecular formula is C14H21NO5. The van der Waals surface area contributed by atoms with Gasteiger partial charge >= 0.3 is 12.2 Å². The standard InChI is InChI=1S/C11H14O3.C3H7NO2/c1-4-13-11(12)14-10-6-5-8(2)7-9(10)3;1-2-6-3(4)5/h5-7H,4H2,1-3H3;2H2,1H3,(H2,4,5). The summed E-state index contributed by atoms with van der Waals surface area (Å²) in [7, 11) is 0. The molecule has 112 valence electrons. The molecule has 1 aromatic rings. The molecule has 0 atom stereocenters. The lowest BCUT2D eigenvalue weighted by molar-refractivity contribution is 0.104. The number of nitrogens with two attached hydrogens (primary N) is 1. The molecule has 0 saturated heterocycles. The second-order valence-corrected chi connectivity index (χ2v) is 3.81. The van der Waals surface area contributed by atoms with Gasteiger partial charge in [-0.05, 0) is 39.3 Å². The van der Waals surface area contributed by atoms with E-state index in [1.807, 2.05) is 26.0 Å². The number of primary amides is 1. The molecule has 0 aliphatic carbocycles. The smallest absolute Gasteiger partial charge is 0.450 e. The lowest BCUT2D eigenvalue weighted by Gasteiger charge is -2.07. The lowest BCUT2D eigenvalue weighted by Crippen LogP contribution is -2.11. The Bertz CT molecular complexity index is 445. The number of hydrogen-bond donors (Lipinski definition) is 1. The van der Waals surface area contributed by atoms with E-state index < -0.39 is 12.2 Å². The van der Waals surface area contributed by atoms with E-state index in [-0.39, 0.29) is 0 Å². The Balaban J connectivity index is 0.000000511. The maximum absolute atomic E-state index is 11.0. The van der Waals surface area contributed by atoms with Gasteiger partial charge in [0.05, 0.1) is 13.2 Å². The molecule has 0 radical (unpaired) electrons. The first-order valence-corrected chi connectivity index (χ1v) is 6.24. The number of aryl methyl sites for hydroxylation is 2. The van der Waals surface area contributed by atoms with Crippen molar-refractivity contribution in [1.29, 1.82) is 0 Å². The fourth-order valence-corrected chi connectivity index (χ4v) is 1.29. The third kappa shape index (κ3) is 7.97. The third-order valence-corrected chi connectivity index (χ3v) is 2.07. The molecule has 1 rings (SSSR count). The summed E-state index contributed by atoms with van der Waals surface area (Å²) in [5.74, 6) is 0.550. The SMILES string of the molecule is CCOC(=O)Oc1ccc(C)cc1C.CCOC(N)=O. The predicted molar refractivity (Wildman–Crippen MR) is 74.8 cm³/mol. The summed E-state index contributed by atoms with van der Waals surface area (Å²) in [6, 6.07) is 5.61. The van der Waals surface area contributed by atoms with Gasteiger partial charge < -0.3 is 19.9 Å². The van der Waals surface area contributed by atoms with Crippen LogP contribution in [0, 0.1) is 13.8 Å². The van der Waals surface area contributed by atoms with Crippen LogP contribution in [0.2, 0.25) is 0 Å². The largest absolute Gasteiger partial charge is 0.513 e. The van der Waals surface area contributed by atoms with Crippen LogP contribution in [-0.4, -0.2) is 25.5 Å². The molecule has 0 aliphatic heterocycles. The highest BCUT2D eigenvalue weighted by Crippen LogP contribution is 2.18. The van der Waals surface area contributed by atoms with Crippen molar-refractivity contribution in [2.45, 2.75) is 27.7 Å². The van der Waals surface area contributed by atoms with Crippen molar-refractivity contribution in [1.82, 2.24) is 0 Å². The minimum Gasteiger partial charge on any atom is -0.450 e. The fraction of sp³-hybridized carbons (Fsp3) is 0.429. The van der Waals surface area contributed by atoms with E-state index in [4.69, 9.17) is 4.74 Å². The summed E-state index contributed by atoms with van der Waals surface area (Å²) in [4.78, 5) is 20.6. The molecule has 0 bridgehead atoms. The van der Waals surface area contributed by atoms with Gasteiger partial charge in [0.1, 0.15) is 5.75 Å². The lowest BCUT2D eigenvalue weighted by atomic mass is 10.1. The van der Waals surface area contributed by atoms with Crippen molar-refractivity contribution in [3.63, 3.8) is 0 Å². The van der Waals surface area contributed by atoms with E-state index in [1.165, 1.54) is 0 Å². The Hall–Kier alpha value is -2.24. The number of hydrogen-bond acceptors (Lipinski definition) is 5. The molecule has 0 fully saturated rings. The van der Waals surface area contributed by atoms with E-state index in [0.29, 0.717) is 19.0 Å². The molecule has 0 aromatic heterocycles. The monoisotopic (exact) mass is 283 g/mol. The van der Waals surface area contributed by atoms with Gasteiger partial charge in [-0.15, -0.1) is 0 Å². The summed E-state index contributed by atoms with van der Waals surface area (Å²) >= 11 is 0. The topological polar surface area (TPSA) is 87.8 Å². The minimum absolute atomic E-state index is 0.323. The number of rotatable bonds is 3. The van der Waals surface area contributed by atoms with Crippen LogP contribution in [0.4, 0.5) is 9.59 Å². The number of carbonyl (C=O) groups is 2. The molecule has 2 N–H and O–H groups in total. The quantitative estimate of drug-likeness (QED) is 0.680. The van der Waals surface area contributed by atoms with E-state index in [9.17, 15) is 9.59 Å². The summed E-state index contributed by atoms with van der Waals surface area (Å²) in [6.45, 7) is 8.00. The summed E-state index contributed by atoms with van der Waals surface area (Å²) in [5, 5.41) is 0. The number of amides is 1. The molecule has 6 heteroatoms. The van der Waals surface area contributed by atoms with Crippen LogP contribution in [-0.2, 0) is 9.47 Å². The number of carbonyl (C=O) groups excluding carboxylic acids is 2. The van der Waals surface area contributed by atoms with Crippen LogP contribution >= 0.6 is 0 Å². The van der Waals surface area contributed by atoms with E-state index in [0.717, 1.165) is 11.1 Å². The first-order valence-electron chi connectivity index (χ1n) is 6.24. The first-order chi connectivity index (χ1) is 9.40. The molecule has 1 amide bonds. The summed E-state index contributed by atoms with van der Waals surface area (Å²) in [6.07, 6.45) is -1.36. The van der Waals surface area contributed by atoms with Gasteiger partial charge in [-0.1, -0.05) is 17.7 Å². The highest BCUT2D eigenvalue weighted by atomic mass is 16.7. The third-order valence-electron chi connectivity index (χ3n) is 2.07. The zero-order chi connectivity index (χ0) is 15.5. The molecule has 0 spiro atoms. The first kappa shape index (κ1) is 17.8. The van der Waals surface area contributed by atoms with Gasteiger partial charge in [-0.2, -0.15) is 0 Å². The van der Waals surface area contributed by atoms with Gasteiger partial charge in [0.15, 0.2) is 0 Å².